The Balaban J connectivity index is 1.74. The number of methoxy groups -OCH3 is 1. The minimum atomic E-state index is -0.0305. The Morgan fingerprint density at radius 2 is 1.93 bits per heavy atom. The Kier molecular flexibility index (Phi) is 5.81. The molecule has 142 valence electrons. The van der Waals surface area contributed by atoms with Crippen LogP contribution in [-0.4, -0.2) is 44.3 Å². The van der Waals surface area contributed by atoms with Crippen molar-refractivity contribution in [3.8, 4) is 11.4 Å². The van der Waals surface area contributed by atoms with E-state index in [2.05, 4.69) is 39.0 Å². The lowest BCUT2D eigenvalue weighted by atomic mass is 10.1. The second-order valence-corrected chi connectivity index (χ2v) is 6.55. The van der Waals surface area contributed by atoms with E-state index in [9.17, 15) is 4.79 Å². The van der Waals surface area contributed by atoms with E-state index in [0.29, 0.717) is 18.0 Å². The summed E-state index contributed by atoms with van der Waals surface area (Å²) in [4.78, 5) is 14.1. The Labute approximate surface area is 159 Å². The standard InChI is InChI=1S/C20H25N5O2/c1-5-16-6-8-17(9-7-16)20-21-23-25(22-20)13-19(26)18-12-14(2)24(15(18)3)10-11-27-4/h6-9,12H,5,10-11,13H2,1-4H3. The molecule has 2 aromatic heterocycles. The number of benzene rings is 1. The van der Waals surface area contributed by atoms with Crippen LogP contribution >= 0.6 is 0 Å². The Hall–Kier alpha value is -2.80. The largest absolute Gasteiger partial charge is 0.383 e. The van der Waals surface area contributed by atoms with Crippen molar-refractivity contribution in [2.45, 2.75) is 40.3 Å². The van der Waals surface area contributed by atoms with E-state index in [1.54, 1.807) is 7.11 Å². The van der Waals surface area contributed by atoms with Gasteiger partial charge in [-0.2, -0.15) is 4.80 Å². The summed E-state index contributed by atoms with van der Waals surface area (Å²) in [6, 6.07) is 9.97. The fourth-order valence-corrected chi connectivity index (χ4v) is 3.14. The average molecular weight is 367 g/mol. The Bertz CT molecular complexity index is 925. The molecule has 0 bridgehead atoms. The molecule has 7 nitrogen and oxygen atoms in total. The maximum Gasteiger partial charge on any atom is 0.204 e. The van der Waals surface area contributed by atoms with Crippen molar-refractivity contribution in [2.75, 3.05) is 13.7 Å². The molecule has 0 unspecified atom stereocenters. The molecule has 27 heavy (non-hydrogen) atoms. The molecule has 0 N–H and O–H groups in total. The third kappa shape index (κ3) is 4.14. The van der Waals surface area contributed by atoms with Crippen LogP contribution in [0.1, 0.15) is 34.2 Å². The predicted molar refractivity (Wildman–Crippen MR) is 103 cm³/mol. The Morgan fingerprint density at radius 3 is 2.59 bits per heavy atom. The van der Waals surface area contributed by atoms with Crippen molar-refractivity contribution < 1.29 is 9.53 Å². The van der Waals surface area contributed by atoms with Gasteiger partial charge in [0.1, 0.15) is 6.54 Å². The lowest BCUT2D eigenvalue weighted by molar-refractivity contribution is 0.0960. The first-order chi connectivity index (χ1) is 13.0. The van der Waals surface area contributed by atoms with Crippen LogP contribution in [0.5, 0.6) is 0 Å². The summed E-state index contributed by atoms with van der Waals surface area (Å²) in [5, 5.41) is 12.5. The number of aryl methyl sites for hydroxylation is 2. The van der Waals surface area contributed by atoms with Gasteiger partial charge in [-0.3, -0.25) is 4.79 Å². The van der Waals surface area contributed by atoms with Crippen LogP contribution in [0.4, 0.5) is 0 Å². The maximum atomic E-state index is 12.7. The van der Waals surface area contributed by atoms with Crippen molar-refractivity contribution in [3.63, 3.8) is 0 Å². The van der Waals surface area contributed by atoms with E-state index < -0.39 is 0 Å². The number of hydrogen-bond acceptors (Lipinski definition) is 5. The van der Waals surface area contributed by atoms with Crippen LogP contribution in [-0.2, 0) is 24.2 Å². The van der Waals surface area contributed by atoms with Crippen LogP contribution in [0.25, 0.3) is 11.4 Å². The highest BCUT2D eigenvalue weighted by molar-refractivity contribution is 5.97. The first kappa shape index (κ1) is 19.0. The number of carbonyl (C=O) groups is 1. The topological polar surface area (TPSA) is 74.8 Å². The minimum absolute atomic E-state index is 0.0305. The lowest BCUT2D eigenvalue weighted by Crippen LogP contribution is -2.14. The first-order valence-corrected chi connectivity index (χ1v) is 9.09. The van der Waals surface area contributed by atoms with Gasteiger partial charge in [0.05, 0.1) is 6.61 Å². The van der Waals surface area contributed by atoms with Gasteiger partial charge in [-0.15, -0.1) is 10.2 Å². The molecule has 1 aromatic carbocycles. The highest BCUT2D eigenvalue weighted by atomic mass is 16.5. The van der Waals surface area contributed by atoms with Gasteiger partial charge in [-0.05, 0) is 37.1 Å². The molecule has 3 rings (SSSR count). The predicted octanol–water partition coefficient (Wildman–Crippen LogP) is 2.85. The zero-order valence-corrected chi connectivity index (χ0v) is 16.3. The second kappa shape index (κ2) is 8.26. The molecule has 0 fully saturated rings. The van der Waals surface area contributed by atoms with Crippen molar-refractivity contribution >= 4 is 5.78 Å². The summed E-state index contributed by atoms with van der Waals surface area (Å²) in [6.07, 6.45) is 0.984. The SMILES string of the molecule is CCc1ccc(-c2nnn(CC(=O)c3cc(C)n(CCOC)c3C)n2)cc1. The van der Waals surface area contributed by atoms with Crippen LogP contribution in [0.3, 0.4) is 0 Å². The van der Waals surface area contributed by atoms with Crippen LogP contribution < -0.4 is 0 Å². The third-order valence-electron chi connectivity index (χ3n) is 4.75. The molecule has 0 aliphatic rings. The summed E-state index contributed by atoms with van der Waals surface area (Å²) in [6.45, 7) is 7.45. The van der Waals surface area contributed by atoms with Crippen molar-refractivity contribution in [1.29, 1.82) is 0 Å². The van der Waals surface area contributed by atoms with E-state index in [4.69, 9.17) is 4.74 Å². The fourth-order valence-electron chi connectivity index (χ4n) is 3.14. The minimum Gasteiger partial charge on any atom is -0.383 e. The van der Waals surface area contributed by atoms with E-state index in [1.807, 2.05) is 32.0 Å². The molecule has 0 radical (unpaired) electrons. The molecule has 7 heteroatoms. The van der Waals surface area contributed by atoms with Gasteiger partial charge >= 0.3 is 0 Å². The molecule has 0 saturated carbocycles. The number of nitrogens with zero attached hydrogens (tertiary/aromatic N) is 5. The molecular formula is C20H25N5O2. The summed E-state index contributed by atoms with van der Waals surface area (Å²) < 4.78 is 7.23. The van der Waals surface area contributed by atoms with Crippen molar-refractivity contribution in [1.82, 2.24) is 24.8 Å². The van der Waals surface area contributed by atoms with Crippen molar-refractivity contribution in [3.05, 3.63) is 52.8 Å². The maximum absolute atomic E-state index is 12.7. The highest BCUT2D eigenvalue weighted by Crippen LogP contribution is 2.17. The number of ether oxygens (including phenoxy) is 1. The zero-order valence-electron chi connectivity index (χ0n) is 16.3. The summed E-state index contributed by atoms with van der Waals surface area (Å²) in [5.41, 5.74) is 4.81. The molecule has 0 spiro atoms. The Morgan fingerprint density at radius 1 is 1.19 bits per heavy atom. The average Bonchev–Trinajstić information content (AvgIpc) is 3.25. The van der Waals surface area contributed by atoms with Gasteiger partial charge in [-0.1, -0.05) is 31.2 Å². The van der Waals surface area contributed by atoms with Gasteiger partial charge in [-0.25, -0.2) is 0 Å². The number of hydrogen-bond donors (Lipinski definition) is 0. The highest BCUT2D eigenvalue weighted by Gasteiger charge is 2.17. The molecule has 0 amide bonds. The fraction of sp³-hybridized carbons (Fsp3) is 0.400. The quantitative estimate of drug-likeness (QED) is 0.572. The molecule has 0 saturated heterocycles. The molecule has 0 atom stereocenters. The summed E-state index contributed by atoms with van der Waals surface area (Å²) in [7, 11) is 1.67. The van der Waals surface area contributed by atoms with E-state index >= 15 is 0 Å². The number of carbonyl (C=O) groups excluding carboxylic acids is 1. The smallest absolute Gasteiger partial charge is 0.204 e. The van der Waals surface area contributed by atoms with E-state index in [-0.39, 0.29) is 12.3 Å². The second-order valence-electron chi connectivity index (χ2n) is 6.55. The summed E-state index contributed by atoms with van der Waals surface area (Å²) in [5.74, 6) is 0.494. The van der Waals surface area contributed by atoms with Gasteiger partial charge < -0.3 is 9.30 Å². The monoisotopic (exact) mass is 367 g/mol. The molecule has 3 aromatic rings. The number of rotatable bonds is 8. The number of tetrazole rings is 1. The molecule has 0 aliphatic carbocycles. The van der Waals surface area contributed by atoms with Gasteiger partial charge in [0, 0.05) is 36.2 Å². The van der Waals surface area contributed by atoms with Crippen molar-refractivity contribution in [2.24, 2.45) is 0 Å². The summed E-state index contributed by atoms with van der Waals surface area (Å²) >= 11 is 0. The number of aromatic nitrogens is 5. The molecule has 0 aliphatic heterocycles. The first-order valence-electron chi connectivity index (χ1n) is 9.09. The van der Waals surface area contributed by atoms with Gasteiger partial charge in [0.15, 0.2) is 5.78 Å². The lowest BCUT2D eigenvalue weighted by Gasteiger charge is -2.08. The van der Waals surface area contributed by atoms with Gasteiger partial charge in [0.25, 0.3) is 0 Å². The van der Waals surface area contributed by atoms with Crippen LogP contribution in [0, 0.1) is 13.8 Å². The van der Waals surface area contributed by atoms with Crippen LogP contribution in [0.2, 0.25) is 0 Å². The zero-order chi connectivity index (χ0) is 19.4. The van der Waals surface area contributed by atoms with Crippen LogP contribution in [0.15, 0.2) is 30.3 Å². The number of ketones is 1. The normalized spacial score (nSPS) is 11.1. The third-order valence-corrected chi connectivity index (χ3v) is 4.75. The van der Waals surface area contributed by atoms with Gasteiger partial charge in [0.2, 0.25) is 5.82 Å². The van der Waals surface area contributed by atoms with E-state index in [0.717, 1.165) is 29.9 Å². The molecule has 2 heterocycles. The number of Topliss-reactive ketones (excluding diaryl/α,β-unsaturated/α-hetero) is 1. The van der Waals surface area contributed by atoms with E-state index in [1.165, 1.54) is 10.4 Å². The molecular weight excluding hydrogens is 342 g/mol.